The van der Waals surface area contributed by atoms with E-state index in [2.05, 4.69) is 34.2 Å². The third-order valence-corrected chi connectivity index (χ3v) is 4.24. The number of aryl methyl sites for hydroxylation is 2. The molecule has 3 rings (SSSR count). The number of aromatic nitrogens is 2. The summed E-state index contributed by atoms with van der Waals surface area (Å²) < 4.78 is 5.93. The predicted octanol–water partition coefficient (Wildman–Crippen LogP) is 2.65. The van der Waals surface area contributed by atoms with Crippen LogP contribution in [0.4, 0.5) is 0 Å². The van der Waals surface area contributed by atoms with Gasteiger partial charge >= 0.3 is 0 Å². The maximum absolute atomic E-state index is 12.4. The van der Waals surface area contributed by atoms with Gasteiger partial charge in [0.05, 0.1) is 18.0 Å². The zero-order chi connectivity index (χ0) is 16.8. The Morgan fingerprint density at radius 1 is 1.25 bits per heavy atom. The van der Waals surface area contributed by atoms with Crippen LogP contribution in [0.2, 0.25) is 0 Å². The van der Waals surface area contributed by atoms with Crippen LogP contribution in [0.3, 0.4) is 0 Å². The Bertz CT molecular complexity index is 658. The van der Waals surface area contributed by atoms with Crippen molar-refractivity contribution in [2.24, 2.45) is 0 Å². The van der Waals surface area contributed by atoms with E-state index < -0.39 is 0 Å². The highest BCUT2D eigenvalue weighted by Gasteiger charge is 2.28. The number of carbonyl (C=O) groups excluding carboxylic acids is 1. The molecule has 0 N–H and O–H groups in total. The standard InChI is InChI=1S/C19H23N3O2/c1-15-12-21-18(13-20-15)19(23)22-10-9-17(14-22)24-11-5-8-16-6-3-2-4-7-16/h2-4,6-7,12-13,17H,5,8-11,14H2,1H3/t17-/m0/s1. The molecule has 0 aliphatic carbocycles. The Labute approximate surface area is 142 Å². The van der Waals surface area contributed by atoms with Crippen LogP contribution in [0.1, 0.15) is 34.6 Å². The summed E-state index contributed by atoms with van der Waals surface area (Å²) in [5.74, 6) is -0.0575. The van der Waals surface area contributed by atoms with Crippen molar-refractivity contribution in [3.8, 4) is 0 Å². The van der Waals surface area contributed by atoms with E-state index in [9.17, 15) is 4.79 Å². The molecule has 1 aliphatic rings. The maximum Gasteiger partial charge on any atom is 0.274 e. The summed E-state index contributed by atoms with van der Waals surface area (Å²) in [5, 5.41) is 0. The van der Waals surface area contributed by atoms with Gasteiger partial charge in [0.15, 0.2) is 0 Å². The van der Waals surface area contributed by atoms with Crippen molar-refractivity contribution in [2.75, 3.05) is 19.7 Å². The lowest BCUT2D eigenvalue weighted by molar-refractivity contribution is 0.0522. The molecule has 1 saturated heterocycles. The number of hydrogen-bond donors (Lipinski definition) is 0. The third-order valence-electron chi connectivity index (χ3n) is 4.24. The molecule has 1 atom stereocenters. The van der Waals surface area contributed by atoms with E-state index in [1.54, 1.807) is 17.3 Å². The molecule has 0 saturated carbocycles. The van der Waals surface area contributed by atoms with Crippen LogP contribution in [0, 0.1) is 6.92 Å². The molecule has 1 aliphatic heterocycles. The molecule has 1 fully saturated rings. The summed E-state index contributed by atoms with van der Waals surface area (Å²) in [6.07, 6.45) is 6.21. The zero-order valence-corrected chi connectivity index (χ0v) is 14.0. The van der Waals surface area contributed by atoms with Gasteiger partial charge in [0.1, 0.15) is 5.69 Å². The van der Waals surface area contributed by atoms with Crippen LogP contribution < -0.4 is 0 Å². The Balaban J connectivity index is 1.40. The minimum Gasteiger partial charge on any atom is -0.376 e. The van der Waals surface area contributed by atoms with Gasteiger partial charge in [0.2, 0.25) is 0 Å². The van der Waals surface area contributed by atoms with Crippen LogP contribution in [0.25, 0.3) is 0 Å². The molecule has 1 aromatic carbocycles. The average Bonchev–Trinajstić information content (AvgIpc) is 3.09. The van der Waals surface area contributed by atoms with Crippen molar-refractivity contribution in [1.29, 1.82) is 0 Å². The Morgan fingerprint density at radius 2 is 2.08 bits per heavy atom. The number of carbonyl (C=O) groups is 1. The Kier molecular flexibility index (Phi) is 5.54. The van der Waals surface area contributed by atoms with Gasteiger partial charge in [-0.2, -0.15) is 0 Å². The SMILES string of the molecule is Cc1cnc(C(=O)N2CC[C@H](OCCCc3ccccc3)C2)cn1. The predicted molar refractivity (Wildman–Crippen MR) is 91.8 cm³/mol. The first-order valence-corrected chi connectivity index (χ1v) is 8.46. The van der Waals surface area contributed by atoms with Gasteiger partial charge < -0.3 is 9.64 Å². The van der Waals surface area contributed by atoms with Gasteiger partial charge in [-0.05, 0) is 31.7 Å². The molecule has 2 heterocycles. The van der Waals surface area contributed by atoms with E-state index in [1.165, 1.54) is 5.56 Å². The first kappa shape index (κ1) is 16.6. The number of benzene rings is 1. The van der Waals surface area contributed by atoms with Gasteiger partial charge in [0, 0.05) is 25.9 Å². The summed E-state index contributed by atoms with van der Waals surface area (Å²) in [6.45, 7) is 3.94. The summed E-state index contributed by atoms with van der Waals surface area (Å²) in [6, 6.07) is 10.4. The average molecular weight is 325 g/mol. The lowest BCUT2D eigenvalue weighted by atomic mass is 10.1. The van der Waals surface area contributed by atoms with E-state index in [0.717, 1.165) is 38.1 Å². The maximum atomic E-state index is 12.4. The molecular formula is C19H23N3O2. The van der Waals surface area contributed by atoms with E-state index in [-0.39, 0.29) is 12.0 Å². The highest BCUT2D eigenvalue weighted by atomic mass is 16.5. The number of ether oxygens (including phenoxy) is 1. The van der Waals surface area contributed by atoms with Crippen LogP contribution in [0.15, 0.2) is 42.7 Å². The van der Waals surface area contributed by atoms with Crippen molar-refractivity contribution in [3.63, 3.8) is 0 Å². The smallest absolute Gasteiger partial charge is 0.274 e. The van der Waals surface area contributed by atoms with E-state index >= 15 is 0 Å². The fraction of sp³-hybridized carbons (Fsp3) is 0.421. The minimum absolute atomic E-state index is 0.0575. The second-order valence-electron chi connectivity index (χ2n) is 6.16. The van der Waals surface area contributed by atoms with E-state index in [4.69, 9.17) is 4.74 Å². The topological polar surface area (TPSA) is 55.3 Å². The fourth-order valence-electron chi connectivity index (χ4n) is 2.88. The molecular weight excluding hydrogens is 302 g/mol. The fourth-order valence-corrected chi connectivity index (χ4v) is 2.88. The largest absolute Gasteiger partial charge is 0.376 e. The Hall–Kier alpha value is -2.27. The number of rotatable bonds is 6. The monoisotopic (exact) mass is 325 g/mol. The highest BCUT2D eigenvalue weighted by molar-refractivity contribution is 5.92. The Morgan fingerprint density at radius 3 is 2.83 bits per heavy atom. The van der Waals surface area contributed by atoms with Crippen molar-refractivity contribution < 1.29 is 9.53 Å². The summed E-state index contributed by atoms with van der Waals surface area (Å²) in [4.78, 5) is 22.5. The first-order valence-electron chi connectivity index (χ1n) is 8.46. The van der Waals surface area contributed by atoms with Gasteiger partial charge in [0.25, 0.3) is 5.91 Å². The molecule has 126 valence electrons. The van der Waals surface area contributed by atoms with Gasteiger partial charge in [-0.15, -0.1) is 0 Å². The molecule has 0 bridgehead atoms. The van der Waals surface area contributed by atoms with Gasteiger partial charge in [-0.3, -0.25) is 9.78 Å². The molecule has 0 spiro atoms. The van der Waals surface area contributed by atoms with Crippen LogP contribution in [-0.4, -0.2) is 46.6 Å². The third kappa shape index (κ3) is 4.38. The second kappa shape index (κ2) is 8.02. The number of amides is 1. The van der Waals surface area contributed by atoms with E-state index in [1.807, 2.05) is 13.0 Å². The molecule has 5 heteroatoms. The van der Waals surface area contributed by atoms with Crippen molar-refractivity contribution in [1.82, 2.24) is 14.9 Å². The lowest BCUT2D eigenvalue weighted by Gasteiger charge is -2.16. The van der Waals surface area contributed by atoms with Crippen LogP contribution in [-0.2, 0) is 11.2 Å². The number of likely N-dealkylation sites (tertiary alicyclic amines) is 1. The molecule has 2 aromatic rings. The lowest BCUT2D eigenvalue weighted by Crippen LogP contribution is -2.31. The molecule has 5 nitrogen and oxygen atoms in total. The number of nitrogens with zero attached hydrogens (tertiary/aromatic N) is 3. The quantitative estimate of drug-likeness (QED) is 0.766. The zero-order valence-electron chi connectivity index (χ0n) is 14.0. The van der Waals surface area contributed by atoms with Crippen LogP contribution >= 0.6 is 0 Å². The molecule has 1 aromatic heterocycles. The van der Waals surface area contributed by atoms with Crippen molar-refractivity contribution in [2.45, 2.75) is 32.3 Å². The molecule has 0 unspecified atom stereocenters. The van der Waals surface area contributed by atoms with Gasteiger partial charge in [-0.25, -0.2) is 4.98 Å². The minimum atomic E-state index is -0.0575. The van der Waals surface area contributed by atoms with Crippen molar-refractivity contribution >= 4 is 5.91 Å². The highest BCUT2D eigenvalue weighted by Crippen LogP contribution is 2.15. The normalized spacial score (nSPS) is 17.2. The molecule has 1 amide bonds. The van der Waals surface area contributed by atoms with Crippen LogP contribution in [0.5, 0.6) is 0 Å². The van der Waals surface area contributed by atoms with Gasteiger partial charge in [-0.1, -0.05) is 30.3 Å². The second-order valence-corrected chi connectivity index (χ2v) is 6.16. The first-order chi connectivity index (χ1) is 11.7. The van der Waals surface area contributed by atoms with Crippen molar-refractivity contribution in [3.05, 3.63) is 59.7 Å². The summed E-state index contributed by atoms with van der Waals surface area (Å²) in [5.41, 5.74) is 2.56. The number of hydrogen-bond acceptors (Lipinski definition) is 4. The van der Waals surface area contributed by atoms with E-state index in [0.29, 0.717) is 12.2 Å². The molecule has 0 radical (unpaired) electrons. The summed E-state index contributed by atoms with van der Waals surface area (Å²) in [7, 11) is 0. The molecule has 24 heavy (non-hydrogen) atoms. The summed E-state index contributed by atoms with van der Waals surface area (Å²) >= 11 is 0.